The van der Waals surface area contributed by atoms with Crippen molar-refractivity contribution in [3.05, 3.63) is 46.3 Å². The van der Waals surface area contributed by atoms with Crippen molar-refractivity contribution in [1.82, 2.24) is 5.32 Å². The van der Waals surface area contributed by atoms with Gasteiger partial charge in [0, 0.05) is 22.1 Å². The molecule has 4 N–H and O–H groups in total. The highest BCUT2D eigenvalue weighted by molar-refractivity contribution is 7.23. The molecule has 0 atom stereocenters. The molecule has 6 nitrogen and oxygen atoms in total. The first kappa shape index (κ1) is 16.7. The fourth-order valence-electron chi connectivity index (χ4n) is 2.19. The van der Waals surface area contributed by atoms with Gasteiger partial charge in [-0.3, -0.25) is 9.59 Å². The summed E-state index contributed by atoms with van der Waals surface area (Å²) >= 11 is 1.01. The maximum Gasteiger partial charge on any atom is 0.499 e. The normalized spacial score (nSPS) is 13.5. The maximum absolute atomic E-state index is 12.3. The molecule has 2 aromatic rings. The van der Waals surface area contributed by atoms with E-state index >= 15 is 0 Å². The summed E-state index contributed by atoms with van der Waals surface area (Å²) in [6.45, 7) is 1.84. The Balaban J connectivity index is 1.75. The molecule has 1 aliphatic rings. The lowest BCUT2D eigenvalue weighted by atomic mass is 9.90. The second kappa shape index (κ2) is 6.76. The monoisotopic (exact) mass is 344 g/mol. The van der Waals surface area contributed by atoms with E-state index in [2.05, 4.69) is 10.6 Å². The third-order valence-electron chi connectivity index (χ3n) is 3.77. The lowest BCUT2D eigenvalue weighted by Crippen LogP contribution is -2.26. The van der Waals surface area contributed by atoms with Gasteiger partial charge in [0.05, 0.1) is 4.88 Å². The molecule has 8 heteroatoms. The molecule has 0 saturated heterocycles. The number of hydrogen-bond donors (Lipinski definition) is 4. The van der Waals surface area contributed by atoms with E-state index in [0.29, 0.717) is 20.9 Å². The van der Waals surface area contributed by atoms with Gasteiger partial charge in [0.1, 0.15) is 0 Å². The zero-order valence-electron chi connectivity index (χ0n) is 13.1. The van der Waals surface area contributed by atoms with Gasteiger partial charge in [0.2, 0.25) is 0 Å². The minimum atomic E-state index is -1.59. The number of carbonyl (C=O) groups excluding carboxylic acids is 2. The molecular formula is C16H17BN2O4S. The van der Waals surface area contributed by atoms with Crippen LogP contribution in [-0.4, -0.2) is 35.0 Å². The molecular weight excluding hydrogens is 327 g/mol. The van der Waals surface area contributed by atoms with Crippen LogP contribution in [0.5, 0.6) is 0 Å². The summed E-state index contributed by atoms with van der Waals surface area (Å²) in [5.74, 6) is -0.496. The van der Waals surface area contributed by atoms with Crippen molar-refractivity contribution >= 4 is 40.7 Å². The third-order valence-corrected chi connectivity index (χ3v) is 4.89. The average molecular weight is 344 g/mol. The van der Waals surface area contributed by atoms with Gasteiger partial charge >= 0.3 is 7.12 Å². The largest absolute Gasteiger partial charge is 0.499 e. The van der Waals surface area contributed by atoms with Gasteiger partial charge in [-0.2, -0.15) is 0 Å². The van der Waals surface area contributed by atoms with Crippen LogP contribution in [0.25, 0.3) is 0 Å². The summed E-state index contributed by atoms with van der Waals surface area (Å²) < 4.78 is 0.300. The van der Waals surface area contributed by atoms with E-state index < -0.39 is 7.12 Å². The third kappa shape index (κ3) is 3.84. The van der Waals surface area contributed by atoms with Crippen LogP contribution in [-0.2, 0) is 0 Å². The molecule has 1 saturated carbocycles. The summed E-state index contributed by atoms with van der Waals surface area (Å²) in [4.78, 5) is 24.8. The van der Waals surface area contributed by atoms with E-state index in [1.165, 1.54) is 12.1 Å². The van der Waals surface area contributed by atoms with Crippen LogP contribution < -0.4 is 15.4 Å². The number of anilines is 1. The van der Waals surface area contributed by atoms with Crippen LogP contribution >= 0.6 is 11.3 Å². The molecule has 2 amide bonds. The van der Waals surface area contributed by atoms with Gasteiger partial charge in [-0.25, -0.2) is 0 Å². The predicted octanol–water partition coefficient (Wildman–Crippen LogP) is 0.881. The minimum Gasteiger partial charge on any atom is -0.423 e. The zero-order chi connectivity index (χ0) is 17.3. The minimum absolute atomic E-state index is 0.144. The predicted molar refractivity (Wildman–Crippen MR) is 93.8 cm³/mol. The highest BCUT2D eigenvalue weighted by Gasteiger charge is 2.24. The van der Waals surface area contributed by atoms with E-state index in [1.807, 2.05) is 6.92 Å². The molecule has 24 heavy (non-hydrogen) atoms. The number of carbonyl (C=O) groups is 2. The van der Waals surface area contributed by atoms with Crippen molar-refractivity contribution in [2.24, 2.45) is 0 Å². The average Bonchev–Trinajstić information content (AvgIpc) is 3.20. The summed E-state index contributed by atoms with van der Waals surface area (Å²) in [5, 5.41) is 23.9. The van der Waals surface area contributed by atoms with Crippen molar-refractivity contribution in [1.29, 1.82) is 0 Å². The molecule has 1 heterocycles. The summed E-state index contributed by atoms with van der Waals surface area (Å²) in [6, 6.07) is 8.47. The quantitative estimate of drug-likeness (QED) is 0.605. The lowest BCUT2D eigenvalue weighted by Gasteiger charge is -2.10. The number of hydrogen-bond acceptors (Lipinski definition) is 5. The zero-order valence-corrected chi connectivity index (χ0v) is 13.9. The van der Waals surface area contributed by atoms with E-state index in [9.17, 15) is 9.59 Å². The molecule has 1 aromatic carbocycles. The number of thiophene rings is 1. The Kier molecular flexibility index (Phi) is 4.70. The summed E-state index contributed by atoms with van der Waals surface area (Å²) in [7, 11) is -1.59. The second-order valence-electron chi connectivity index (χ2n) is 5.81. The van der Waals surface area contributed by atoms with Gasteiger partial charge in [-0.05, 0) is 43.5 Å². The van der Waals surface area contributed by atoms with Crippen molar-refractivity contribution in [3.8, 4) is 0 Å². The van der Waals surface area contributed by atoms with E-state index in [4.69, 9.17) is 10.0 Å². The first-order chi connectivity index (χ1) is 11.4. The number of aryl methyl sites for hydroxylation is 1. The Hall–Kier alpha value is -2.16. The molecule has 0 spiro atoms. The van der Waals surface area contributed by atoms with E-state index in [1.54, 1.807) is 18.2 Å². The molecule has 1 aliphatic carbocycles. The summed E-state index contributed by atoms with van der Waals surface area (Å²) in [6.07, 6.45) is 2.03. The topological polar surface area (TPSA) is 98.7 Å². The smallest absolute Gasteiger partial charge is 0.423 e. The number of nitrogens with one attached hydrogen (secondary N) is 2. The van der Waals surface area contributed by atoms with Gasteiger partial charge in [0.25, 0.3) is 11.8 Å². The van der Waals surface area contributed by atoms with Gasteiger partial charge in [-0.1, -0.05) is 12.1 Å². The Morgan fingerprint density at radius 3 is 2.54 bits per heavy atom. The fraction of sp³-hybridized carbons (Fsp3) is 0.250. The molecule has 0 unspecified atom stereocenters. The van der Waals surface area contributed by atoms with Crippen molar-refractivity contribution in [3.63, 3.8) is 0 Å². The standard InChI is InChI=1S/C16H17BN2O4S/c1-9-2-3-10(15(20)18-11-4-5-11)8-12(9)19-16(21)13-6-7-14(24-13)17(22)23/h2-3,6-8,11,22-23H,4-5H2,1H3,(H,18,20)(H,19,21). The summed E-state index contributed by atoms with van der Waals surface area (Å²) in [5.41, 5.74) is 1.90. The Morgan fingerprint density at radius 1 is 1.17 bits per heavy atom. The molecule has 1 aromatic heterocycles. The Morgan fingerprint density at radius 2 is 1.92 bits per heavy atom. The maximum atomic E-state index is 12.3. The van der Waals surface area contributed by atoms with Gasteiger partial charge < -0.3 is 20.7 Å². The number of amides is 2. The van der Waals surface area contributed by atoms with E-state index in [0.717, 1.165) is 29.7 Å². The van der Waals surface area contributed by atoms with Gasteiger partial charge in [-0.15, -0.1) is 11.3 Å². The molecule has 3 rings (SSSR count). The lowest BCUT2D eigenvalue weighted by molar-refractivity contribution is 0.0949. The Labute approximate surface area is 143 Å². The second-order valence-corrected chi connectivity index (χ2v) is 6.92. The van der Waals surface area contributed by atoms with Crippen molar-refractivity contribution in [2.75, 3.05) is 5.32 Å². The van der Waals surface area contributed by atoms with Crippen LogP contribution in [0.15, 0.2) is 30.3 Å². The Bertz CT molecular complexity index is 786. The van der Waals surface area contributed by atoms with Crippen LogP contribution in [0.3, 0.4) is 0 Å². The van der Waals surface area contributed by atoms with Crippen LogP contribution in [0, 0.1) is 6.92 Å². The van der Waals surface area contributed by atoms with Crippen molar-refractivity contribution < 1.29 is 19.6 Å². The first-order valence-corrected chi connectivity index (χ1v) is 8.44. The molecule has 0 aliphatic heterocycles. The van der Waals surface area contributed by atoms with E-state index in [-0.39, 0.29) is 17.9 Å². The molecule has 0 bridgehead atoms. The van der Waals surface area contributed by atoms with Crippen molar-refractivity contribution in [2.45, 2.75) is 25.8 Å². The van der Waals surface area contributed by atoms with Crippen LogP contribution in [0.1, 0.15) is 38.4 Å². The highest BCUT2D eigenvalue weighted by atomic mass is 32.1. The molecule has 1 fully saturated rings. The first-order valence-electron chi connectivity index (χ1n) is 7.63. The highest BCUT2D eigenvalue weighted by Crippen LogP contribution is 2.22. The molecule has 0 radical (unpaired) electrons. The number of benzene rings is 1. The SMILES string of the molecule is Cc1ccc(C(=O)NC2CC2)cc1NC(=O)c1ccc(B(O)O)s1. The van der Waals surface area contributed by atoms with Crippen LogP contribution in [0.2, 0.25) is 0 Å². The van der Waals surface area contributed by atoms with Gasteiger partial charge in [0.15, 0.2) is 0 Å². The van der Waals surface area contributed by atoms with Crippen LogP contribution in [0.4, 0.5) is 5.69 Å². The number of rotatable bonds is 5. The fourth-order valence-corrected chi connectivity index (χ4v) is 2.97. The molecule has 124 valence electrons.